The van der Waals surface area contributed by atoms with Gasteiger partial charge in [0.15, 0.2) is 0 Å². The minimum absolute atomic E-state index is 0.230. The van der Waals surface area contributed by atoms with Gasteiger partial charge in [-0.15, -0.1) is 0 Å². The summed E-state index contributed by atoms with van der Waals surface area (Å²) in [5.74, 6) is 0.262. The summed E-state index contributed by atoms with van der Waals surface area (Å²) in [7, 11) is 0. The fourth-order valence-corrected chi connectivity index (χ4v) is 0.823. The number of ether oxygens (including phenoxy) is 1. The van der Waals surface area contributed by atoms with Crippen molar-refractivity contribution in [2.75, 3.05) is 6.61 Å². The second kappa shape index (κ2) is 4.43. The normalized spacial score (nSPS) is 12.0. The van der Waals surface area contributed by atoms with Crippen molar-refractivity contribution in [1.82, 2.24) is 9.97 Å². The van der Waals surface area contributed by atoms with E-state index in [2.05, 4.69) is 14.7 Å². The fourth-order valence-electron chi connectivity index (χ4n) is 0.823. The Hall–Kier alpha value is -1.08. The number of rotatable bonds is 4. The molecule has 4 nitrogen and oxygen atoms in total. The maximum Gasteiger partial charge on any atom is 0.411 e. The van der Waals surface area contributed by atoms with E-state index >= 15 is 0 Å². The van der Waals surface area contributed by atoms with Crippen molar-refractivity contribution in [3.63, 3.8) is 0 Å². The molecule has 0 saturated heterocycles. The van der Waals surface area contributed by atoms with Crippen LogP contribution in [0, 0.1) is 0 Å². The van der Waals surface area contributed by atoms with Gasteiger partial charge in [-0.3, -0.25) is 0 Å². The Morgan fingerprint density at radius 2 is 2.21 bits per heavy atom. The maximum absolute atomic E-state index is 11.6. The van der Waals surface area contributed by atoms with Crippen molar-refractivity contribution in [3.8, 4) is 0 Å². The summed E-state index contributed by atoms with van der Waals surface area (Å²) >= 11 is 0. The zero-order chi connectivity index (χ0) is 10.6. The van der Waals surface area contributed by atoms with Gasteiger partial charge in [0.1, 0.15) is 19.0 Å². The lowest BCUT2D eigenvalue weighted by Crippen LogP contribution is -2.16. The molecule has 80 valence electrons. The van der Waals surface area contributed by atoms with Crippen molar-refractivity contribution in [3.05, 3.63) is 17.7 Å². The van der Waals surface area contributed by atoms with Gasteiger partial charge in [0.05, 0.1) is 18.5 Å². The van der Waals surface area contributed by atoms with Crippen LogP contribution in [0.1, 0.15) is 11.5 Å². The molecular formula is C7H9F3N2O2. The molecule has 0 bridgehead atoms. The number of H-pyrrole nitrogens is 1. The van der Waals surface area contributed by atoms with E-state index in [1.807, 2.05) is 0 Å². The van der Waals surface area contributed by atoms with Crippen LogP contribution in [0.3, 0.4) is 0 Å². The van der Waals surface area contributed by atoms with E-state index in [4.69, 9.17) is 5.11 Å². The molecule has 14 heavy (non-hydrogen) atoms. The summed E-state index contributed by atoms with van der Waals surface area (Å²) in [6.07, 6.45) is -2.99. The van der Waals surface area contributed by atoms with Crippen molar-refractivity contribution >= 4 is 0 Å². The molecule has 0 aliphatic rings. The Balaban J connectivity index is 2.31. The Kier molecular flexibility index (Phi) is 3.48. The average Bonchev–Trinajstić information content (AvgIpc) is 2.50. The van der Waals surface area contributed by atoms with E-state index in [9.17, 15) is 13.2 Å². The van der Waals surface area contributed by atoms with Crippen LogP contribution in [0.25, 0.3) is 0 Å². The Bertz CT molecular complexity index is 285. The van der Waals surface area contributed by atoms with Crippen LogP contribution in [0.15, 0.2) is 6.20 Å². The Morgan fingerprint density at radius 3 is 2.71 bits per heavy atom. The van der Waals surface area contributed by atoms with E-state index in [-0.39, 0.29) is 19.0 Å². The topological polar surface area (TPSA) is 58.1 Å². The van der Waals surface area contributed by atoms with Crippen LogP contribution in [-0.2, 0) is 18.0 Å². The highest BCUT2D eigenvalue weighted by atomic mass is 19.4. The lowest BCUT2D eigenvalue weighted by atomic mass is 10.5. The molecule has 0 aliphatic carbocycles. The maximum atomic E-state index is 11.6. The van der Waals surface area contributed by atoms with Crippen LogP contribution in [0.4, 0.5) is 13.2 Å². The van der Waals surface area contributed by atoms with Crippen LogP contribution < -0.4 is 0 Å². The zero-order valence-corrected chi connectivity index (χ0v) is 7.14. The van der Waals surface area contributed by atoms with Crippen LogP contribution in [0.5, 0.6) is 0 Å². The zero-order valence-electron chi connectivity index (χ0n) is 7.14. The molecule has 1 heterocycles. The van der Waals surface area contributed by atoms with Crippen LogP contribution >= 0.6 is 0 Å². The summed E-state index contributed by atoms with van der Waals surface area (Å²) in [5.41, 5.74) is 0.440. The predicted molar refractivity (Wildman–Crippen MR) is 40.2 cm³/mol. The average molecular weight is 210 g/mol. The molecule has 1 rings (SSSR count). The number of hydrogen-bond acceptors (Lipinski definition) is 3. The van der Waals surface area contributed by atoms with Crippen molar-refractivity contribution in [2.24, 2.45) is 0 Å². The highest BCUT2D eigenvalue weighted by molar-refractivity contribution is 4.98. The van der Waals surface area contributed by atoms with Gasteiger partial charge in [0, 0.05) is 0 Å². The van der Waals surface area contributed by atoms with Crippen molar-refractivity contribution in [1.29, 1.82) is 0 Å². The summed E-state index contributed by atoms with van der Waals surface area (Å²) in [6, 6.07) is 0. The highest BCUT2D eigenvalue weighted by Crippen LogP contribution is 2.15. The first-order chi connectivity index (χ1) is 6.51. The van der Waals surface area contributed by atoms with E-state index in [0.717, 1.165) is 0 Å². The highest BCUT2D eigenvalue weighted by Gasteiger charge is 2.27. The van der Waals surface area contributed by atoms with Crippen LogP contribution in [-0.4, -0.2) is 27.9 Å². The Morgan fingerprint density at radius 1 is 1.50 bits per heavy atom. The van der Waals surface area contributed by atoms with Gasteiger partial charge in [0.2, 0.25) is 0 Å². The smallest absolute Gasteiger partial charge is 0.390 e. The third kappa shape index (κ3) is 3.75. The van der Waals surface area contributed by atoms with Gasteiger partial charge in [0.25, 0.3) is 0 Å². The lowest BCUT2D eigenvalue weighted by Gasteiger charge is -2.05. The first-order valence-electron chi connectivity index (χ1n) is 3.79. The van der Waals surface area contributed by atoms with Gasteiger partial charge < -0.3 is 14.8 Å². The molecule has 0 atom stereocenters. The second-order valence-corrected chi connectivity index (χ2v) is 2.62. The summed E-state index contributed by atoms with van der Waals surface area (Å²) in [4.78, 5) is 6.29. The van der Waals surface area contributed by atoms with Crippen LogP contribution in [0.2, 0.25) is 0 Å². The summed E-state index contributed by atoms with van der Waals surface area (Å²) in [5, 5.41) is 8.61. The van der Waals surface area contributed by atoms with Gasteiger partial charge in [-0.2, -0.15) is 13.2 Å². The molecule has 1 aromatic heterocycles. The molecular weight excluding hydrogens is 201 g/mol. The van der Waals surface area contributed by atoms with E-state index in [1.165, 1.54) is 6.20 Å². The molecule has 1 aromatic rings. The molecule has 0 amide bonds. The van der Waals surface area contributed by atoms with Gasteiger partial charge in [-0.1, -0.05) is 0 Å². The number of hydrogen-bond donors (Lipinski definition) is 2. The minimum Gasteiger partial charge on any atom is -0.390 e. The molecule has 0 unspecified atom stereocenters. The molecule has 0 radical (unpaired) electrons. The predicted octanol–water partition coefficient (Wildman–Crippen LogP) is 0.981. The quantitative estimate of drug-likeness (QED) is 0.778. The third-order valence-electron chi connectivity index (χ3n) is 1.36. The minimum atomic E-state index is -4.33. The Labute approximate surface area is 77.7 Å². The molecule has 2 N–H and O–H groups in total. The lowest BCUT2D eigenvalue weighted by molar-refractivity contribution is -0.177. The molecule has 0 aromatic carbocycles. The van der Waals surface area contributed by atoms with Crippen molar-refractivity contribution < 1.29 is 23.0 Å². The number of alkyl halides is 3. The number of aliphatic hydroxyl groups is 1. The van der Waals surface area contributed by atoms with E-state index < -0.39 is 12.8 Å². The third-order valence-corrected chi connectivity index (χ3v) is 1.36. The fraction of sp³-hybridized carbons (Fsp3) is 0.571. The number of aromatic nitrogens is 2. The largest absolute Gasteiger partial charge is 0.411 e. The van der Waals surface area contributed by atoms with Crippen molar-refractivity contribution in [2.45, 2.75) is 19.4 Å². The molecule has 0 saturated carbocycles. The molecule has 0 aliphatic heterocycles. The van der Waals surface area contributed by atoms with E-state index in [1.54, 1.807) is 0 Å². The van der Waals surface area contributed by atoms with Gasteiger partial charge >= 0.3 is 6.18 Å². The molecule has 0 fully saturated rings. The number of halogens is 3. The number of nitrogens with zero attached hydrogens (tertiary/aromatic N) is 1. The van der Waals surface area contributed by atoms with Gasteiger partial charge in [-0.25, -0.2) is 4.98 Å². The SMILES string of the molecule is OCc1cnc(COCC(F)(F)F)[nH]1. The number of aliphatic hydroxyl groups excluding tert-OH is 1. The second-order valence-electron chi connectivity index (χ2n) is 2.62. The monoisotopic (exact) mass is 210 g/mol. The standard InChI is InChI=1S/C7H9F3N2O2/c8-7(9,10)4-14-3-6-11-1-5(2-13)12-6/h1,13H,2-4H2,(H,11,12). The number of imidazole rings is 1. The number of aromatic amines is 1. The summed E-state index contributed by atoms with van der Waals surface area (Å²) in [6.45, 7) is -1.78. The number of nitrogens with one attached hydrogen (secondary N) is 1. The van der Waals surface area contributed by atoms with E-state index in [0.29, 0.717) is 5.69 Å². The first-order valence-corrected chi connectivity index (χ1v) is 3.79. The first kappa shape index (κ1) is 11.0. The molecule has 7 heteroatoms. The van der Waals surface area contributed by atoms with Gasteiger partial charge in [-0.05, 0) is 0 Å². The summed E-state index contributed by atoms with van der Waals surface area (Å²) < 4.78 is 39.2. The molecule has 0 spiro atoms.